The number of nitrogens with zero attached hydrogens (tertiary/aromatic N) is 3. The van der Waals surface area contributed by atoms with Crippen LogP contribution in [0.5, 0.6) is 11.5 Å². The number of pyridine rings is 1. The molecule has 3 rings (SSSR count). The topological polar surface area (TPSA) is 54.9 Å². The maximum atomic E-state index is 13.2. The van der Waals surface area contributed by atoms with Crippen LogP contribution in [0.25, 0.3) is 0 Å². The molecule has 0 unspecified atom stereocenters. The number of benzene rings is 1. The molecule has 0 atom stereocenters. The smallest absolute Gasteiger partial charge is 0.258 e. The van der Waals surface area contributed by atoms with Gasteiger partial charge in [0.05, 0.1) is 17.8 Å². The third-order valence-electron chi connectivity index (χ3n) is 3.98. The molecule has 0 radical (unpaired) electrons. The Balaban J connectivity index is 1.86. The largest absolute Gasteiger partial charge is 0.486 e. The van der Waals surface area contributed by atoms with Gasteiger partial charge in [0.25, 0.3) is 5.91 Å². The van der Waals surface area contributed by atoms with E-state index in [0.717, 1.165) is 12.2 Å². The van der Waals surface area contributed by atoms with E-state index >= 15 is 0 Å². The Morgan fingerprint density at radius 3 is 2.68 bits per heavy atom. The van der Waals surface area contributed by atoms with Crippen molar-refractivity contribution in [3.05, 3.63) is 53.9 Å². The van der Waals surface area contributed by atoms with Crippen molar-refractivity contribution in [1.29, 1.82) is 0 Å². The molecule has 6 nitrogen and oxygen atoms in total. The Bertz CT molecular complexity index is 719. The number of likely N-dealkylation sites (N-methyl/N-ethyl adjacent to an activating group) is 1. The van der Waals surface area contributed by atoms with Gasteiger partial charge in [-0.05, 0) is 38.4 Å². The van der Waals surface area contributed by atoms with Crippen molar-refractivity contribution in [3.63, 3.8) is 0 Å². The maximum absolute atomic E-state index is 13.2. The molecule has 1 amide bonds. The predicted octanol–water partition coefficient (Wildman–Crippen LogP) is 2.06. The minimum atomic E-state index is -0.0742. The predicted molar refractivity (Wildman–Crippen MR) is 95.0 cm³/mol. The van der Waals surface area contributed by atoms with Crippen LogP contribution in [0.2, 0.25) is 0 Å². The third-order valence-corrected chi connectivity index (χ3v) is 3.98. The molecule has 1 aliphatic rings. The normalized spacial score (nSPS) is 12.9. The van der Waals surface area contributed by atoms with Crippen LogP contribution >= 0.6 is 0 Å². The fourth-order valence-corrected chi connectivity index (χ4v) is 2.67. The molecule has 0 aliphatic carbocycles. The van der Waals surface area contributed by atoms with Gasteiger partial charge >= 0.3 is 0 Å². The first kappa shape index (κ1) is 17.2. The van der Waals surface area contributed by atoms with E-state index in [9.17, 15) is 4.79 Å². The zero-order valence-electron chi connectivity index (χ0n) is 14.6. The molecule has 132 valence electrons. The molecule has 0 N–H and O–H groups in total. The summed E-state index contributed by atoms with van der Waals surface area (Å²) in [6.07, 6.45) is 1.74. The van der Waals surface area contributed by atoms with Gasteiger partial charge in [-0.2, -0.15) is 0 Å². The van der Waals surface area contributed by atoms with Crippen LogP contribution in [0.3, 0.4) is 0 Å². The van der Waals surface area contributed by atoms with Gasteiger partial charge in [0.1, 0.15) is 13.2 Å². The van der Waals surface area contributed by atoms with Crippen molar-refractivity contribution in [2.45, 2.75) is 6.54 Å². The molecule has 0 bridgehead atoms. The molecular weight excluding hydrogens is 318 g/mol. The lowest BCUT2D eigenvalue weighted by molar-refractivity contribution is 0.0719. The van der Waals surface area contributed by atoms with Crippen LogP contribution in [-0.2, 0) is 6.54 Å². The van der Waals surface area contributed by atoms with Crippen molar-refractivity contribution in [1.82, 2.24) is 14.8 Å². The average molecular weight is 341 g/mol. The van der Waals surface area contributed by atoms with E-state index in [2.05, 4.69) is 9.88 Å². The Kier molecular flexibility index (Phi) is 5.50. The Labute approximate surface area is 148 Å². The minimum Gasteiger partial charge on any atom is -0.486 e. The molecule has 0 saturated carbocycles. The highest BCUT2D eigenvalue weighted by Crippen LogP contribution is 2.34. The average Bonchev–Trinajstić information content (AvgIpc) is 2.65. The monoisotopic (exact) mass is 341 g/mol. The van der Waals surface area contributed by atoms with Gasteiger partial charge in [-0.15, -0.1) is 0 Å². The third kappa shape index (κ3) is 4.28. The quantitative estimate of drug-likeness (QED) is 0.805. The number of carbonyl (C=O) groups excluding carboxylic acids is 1. The number of fused-ring (bicyclic) bond motifs is 1. The van der Waals surface area contributed by atoms with E-state index in [-0.39, 0.29) is 5.91 Å². The van der Waals surface area contributed by atoms with Crippen LogP contribution < -0.4 is 9.47 Å². The summed E-state index contributed by atoms with van der Waals surface area (Å²) in [5.41, 5.74) is 1.39. The second-order valence-corrected chi connectivity index (χ2v) is 6.18. The lowest BCUT2D eigenvalue weighted by Crippen LogP contribution is -2.37. The molecule has 1 aliphatic heterocycles. The number of ether oxygens (including phenoxy) is 2. The van der Waals surface area contributed by atoms with E-state index in [1.54, 1.807) is 17.2 Å². The Morgan fingerprint density at radius 1 is 1.08 bits per heavy atom. The van der Waals surface area contributed by atoms with Crippen molar-refractivity contribution in [2.24, 2.45) is 0 Å². The molecule has 6 heteroatoms. The summed E-state index contributed by atoms with van der Waals surface area (Å²) >= 11 is 0. The van der Waals surface area contributed by atoms with E-state index in [1.807, 2.05) is 44.4 Å². The first-order valence-electron chi connectivity index (χ1n) is 8.37. The lowest BCUT2D eigenvalue weighted by Gasteiger charge is -2.26. The van der Waals surface area contributed by atoms with Crippen LogP contribution in [0.1, 0.15) is 16.1 Å². The number of hydrogen-bond donors (Lipinski definition) is 0. The SMILES string of the molecule is CN(C)CCN(Cc1ccccn1)C(=O)c1cccc2c1OCCO2. The second kappa shape index (κ2) is 7.98. The highest BCUT2D eigenvalue weighted by atomic mass is 16.6. The van der Waals surface area contributed by atoms with Crippen LogP contribution in [0.15, 0.2) is 42.6 Å². The fraction of sp³-hybridized carbons (Fsp3) is 0.368. The second-order valence-electron chi connectivity index (χ2n) is 6.18. The minimum absolute atomic E-state index is 0.0742. The van der Waals surface area contributed by atoms with Crippen LogP contribution in [0, 0.1) is 0 Å². The highest BCUT2D eigenvalue weighted by Gasteiger charge is 2.24. The van der Waals surface area contributed by atoms with Gasteiger partial charge < -0.3 is 19.3 Å². The summed E-state index contributed by atoms with van der Waals surface area (Å²) in [6, 6.07) is 11.2. The summed E-state index contributed by atoms with van der Waals surface area (Å²) in [7, 11) is 3.98. The van der Waals surface area contributed by atoms with Gasteiger partial charge in [0.2, 0.25) is 0 Å². The molecule has 1 aromatic carbocycles. The number of carbonyl (C=O) groups is 1. The van der Waals surface area contributed by atoms with Crippen LogP contribution in [-0.4, -0.2) is 61.1 Å². The fourth-order valence-electron chi connectivity index (χ4n) is 2.67. The molecular formula is C19H23N3O3. The first-order chi connectivity index (χ1) is 12.1. The number of rotatable bonds is 6. The maximum Gasteiger partial charge on any atom is 0.258 e. The van der Waals surface area contributed by atoms with Gasteiger partial charge in [0, 0.05) is 19.3 Å². The van der Waals surface area contributed by atoms with E-state index in [1.165, 1.54) is 0 Å². The van der Waals surface area contributed by atoms with E-state index in [0.29, 0.717) is 43.4 Å². The van der Waals surface area contributed by atoms with Gasteiger partial charge in [-0.1, -0.05) is 12.1 Å². The molecule has 2 heterocycles. The zero-order chi connectivity index (χ0) is 17.6. The van der Waals surface area contributed by atoms with Gasteiger partial charge in [0.15, 0.2) is 11.5 Å². The highest BCUT2D eigenvalue weighted by molar-refractivity contribution is 5.97. The Hall–Kier alpha value is -2.60. The molecule has 0 fully saturated rings. The summed E-state index contributed by atoms with van der Waals surface area (Å²) in [4.78, 5) is 21.4. The van der Waals surface area contributed by atoms with Gasteiger partial charge in [-0.3, -0.25) is 9.78 Å². The van der Waals surface area contributed by atoms with E-state index in [4.69, 9.17) is 9.47 Å². The molecule has 1 aromatic heterocycles. The number of para-hydroxylation sites is 1. The van der Waals surface area contributed by atoms with E-state index < -0.39 is 0 Å². The molecule has 0 spiro atoms. The van der Waals surface area contributed by atoms with Crippen LogP contribution in [0.4, 0.5) is 0 Å². The lowest BCUT2D eigenvalue weighted by atomic mass is 10.1. The molecule has 2 aromatic rings. The van der Waals surface area contributed by atoms with Crippen molar-refractivity contribution in [3.8, 4) is 11.5 Å². The van der Waals surface area contributed by atoms with Crippen molar-refractivity contribution < 1.29 is 14.3 Å². The molecule has 0 saturated heterocycles. The molecule has 25 heavy (non-hydrogen) atoms. The number of amides is 1. The summed E-state index contributed by atoms with van der Waals surface area (Å²) in [6.45, 7) is 2.79. The zero-order valence-corrected chi connectivity index (χ0v) is 14.6. The summed E-state index contributed by atoms with van der Waals surface area (Å²) in [5, 5.41) is 0. The number of hydrogen-bond acceptors (Lipinski definition) is 5. The summed E-state index contributed by atoms with van der Waals surface area (Å²) in [5.74, 6) is 1.09. The van der Waals surface area contributed by atoms with Crippen molar-refractivity contribution >= 4 is 5.91 Å². The van der Waals surface area contributed by atoms with Crippen molar-refractivity contribution in [2.75, 3.05) is 40.4 Å². The first-order valence-corrected chi connectivity index (χ1v) is 8.37. The van der Waals surface area contributed by atoms with Gasteiger partial charge in [-0.25, -0.2) is 0 Å². The standard InChI is InChI=1S/C19H23N3O3/c1-21(2)10-11-22(14-15-6-3-4-9-20-15)19(23)16-7-5-8-17-18(16)25-13-12-24-17/h3-9H,10-14H2,1-2H3. The number of aromatic nitrogens is 1. The summed E-state index contributed by atoms with van der Waals surface area (Å²) < 4.78 is 11.3. The Morgan fingerprint density at radius 2 is 1.92 bits per heavy atom.